The zero-order valence-corrected chi connectivity index (χ0v) is 12.3. The number of benzene rings is 1. The third kappa shape index (κ3) is 3.17. The summed E-state index contributed by atoms with van der Waals surface area (Å²) in [5.41, 5.74) is 0.277. The van der Waals surface area contributed by atoms with Crippen molar-refractivity contribution >= 4 is 23.4 Å². The molecule has 7 heteroatoms. The summed E-state index contributed by atoms with van der Waals surface area (Å²) in [6.07, 6.45) is 1.55. The Morgan fingerprint density at radius 1 is 1.19 bits per heavy atom. The van der Waals surface area contributed by atoms with E-state index in [9.17, 15) is 5.11 Å². The minimum atomic E-state index is 0.00598. The number of pyridine rings is 1. The molecule has 0 saturated heterocycles. The molecule has 0 amide bonds. The van der Waals surface area contributed by atoms with Crippen molar-refractivity contribution in [3.8, 4) is 17.3 Å². The lowest BCUT2D eigenvalue weighted by Gasteiger charge is -2.00. The fourth-order valence-corrected chi connectivity index (χ4v) is 2.76. The predicted octanol–water partition coefficient (Wildman–Crippen LogP) is 3.78. The lowest BCUT2D eigenvalue weighted by Crippen LogP contribution is -1.86. The standard InChI is InChI=1S/C14H10ClN3O2S/c15-9-4-1-2-6-11(9)21-8-12-17-14(20-18-12)13-10(19)5-3-7-16-13/h1-7,19H,8H2. The number of nitrogens with zero attached hydrogens (tertiary/aromatic N) is 3. The molecular formula is C14H10ClN3O2S. The molecule has 21 heavy (non-hydrogen) atoms. The van der Waals surface area contributed by atoms with Gasteiger partial charge < -0.3 is 9.63 Å². The van der Waals surface area contributed by atoms with Gasteiger partial charge in [-0.15, -0.1) is 11.8 Å². The maximum Gasteiger partial charge on any atom is 0.280 e. The summed E-state index contributed by atoms with van der Waals surface area (Å²) < 4.78 is 5.12. The molecule has 3 rings (SSSR count). The van der Waals surface area contributed by atoms with Crippen LogP contribution in [0.3, 0.4) is 0 Å². The first-order valence-corrected chi connectivity index (χ1v) is 7.44. The second-order valence-corrected chi connectivity index (χ2v) is 5.53. The van der Waals surface area contributed by atoms with Gasteiger partial charge in [0.25, 0.3) is 5.89 Å². The quantitative estimate of drug-likeness (QED) is 0.738. The SMILES string of the molecule is Oc1cccnc1-c1nc(CSc2ccccc2Cl)no1. The van der Waals surface area contributed by atoms with Crippen LogP contribution < -0.4 is 0 Å². The van der Waals surface area contributed by atoms with Gasteiger partial charge in [0.15, 0.2) is 11.5 Å². The average molecular weight is 320 g/mol. The first kappa shape index (κ1) is 13.9. The summed E-state index contributed by atoms with van der Waals surface area (Å²) in [5, 5.41) is 14.3. The molecule has 0 spiro atoms. The van der Waals surface area contributed by atoms with Gasteiger partial charge in [-0.25, -0.2) is 4.98 Å². The van der Waals surface area contributed by atoms with E-state index < -0.39 is 0 Å². The monoisotopic (exact) mass is 319 g/mol. The largest absolute Gasteiger partial charge is 0.505 e. The number of thioether (sulfide) groups is 1. The highest BCUT2D eigenvalue weighted by molar-refractivity contribution is 7.98. The van der Waals surface area contributed by atoms with Gasteiger partial charge in [0.05, 0.1) is 10.8 Å². The van der Waals surface area contributed by atoms with Gasteiger partial charge in [0.1, 0.15) is 5.75 Å². The Labute approximate surface area is 130 Å². The molecule has 3 aromatic rings. The Morgan fingerprint density at radius 3 is 2.86 bits per heavy atom. The van der Waals surface area contributed by atoms with Gasteiger partial charge in [-0.05, 0) is 24.3 Å². The predicted molar refractivity (Wildman–Crippen MR) is 80.2 cm³/mol. The molecule has 1 N–H and O–H groups in total. The Bertz CT molecular complexity index is 763. The summed E-state index contributed by atoms with van der Waals surface area (Å²) in [5.74, 6) is 1.23. The fraction of sp³-hybridized carbons (Fsp3) is 0.0714. The van der Waals surface area contributed by atoms with Crippen molar-refractivity contribution in [3.63, 3.8) is 0 Å². The fourth-order valence-electron chi connectivity index (χ4n) is 1.67. The second-order valence-electron chi connectivity index (χ2n) is 4.11. The van der Waals surface area contributed by atoms with Gasteiger partial charge in [-0.2, -0.15) is 4.98 Å². The van der Waals surface area contributed by atoms with Crippen LogP contribution in [0.15, 0.2) is 52.0 Å². The van der Waals surface area contributed by atoms with Crippen LogP contribution in [-0.4, -0.2) is 20.2 Å². The van der Waals surface area contributed by atoms with Crippen LogP contribution in [0, 0.1) is 0 Å². The molecular weight excluding hydrogens is 310 g/mol. The Balaban J connectivity index is 1.74. The maximum absolute atomic E-state index is 9.70. The van der Waals surface area contributed by atoms with E-state index in [2.05, 4.69) is 15.1 Å². The van der Waals surface area contributed by atoms with Crippen LogP contribution in [0.4, 0.5) is 0 Å². The smallest absolute Gasteiger partial charge is 0.280 e. The first-order chi connectivity index (χ1) is 10.2. The van der Waals surface area contributed by atoms with Crippen LogP contribution >= 0.6 is 23.4 Å². The van der Waals surface area contributed by atoms with Crippen molar-refractivity contribution in [1.82, 2.24) is 15.1 Å². The van der Waals surface area contributed by atoms with Gasteiger partial charge in [-0.3, -0.25) is 0 Å². The van der Waals surface area contributed by atoms with Gasteiger partial charge >= 0.3 is 0 Å². The number of aromatic nitrogens is 3. The van der Waals surface area contributed by atoms with Gasteiger partial charge in [0.2, 0.25) is 0 Å². The van der Waals surface area contributed by atoms with E-state index in [1.807, 2.05) is 24.3 Å². The molecule has 2 heterocycles. The van der Waals surface area contributed by atoms with Crippen molar-refractivity contribution in [2.75, 3.05) is 0 Å². The van der Waals surface area contributed by atoms with Gasteiger partial charge in [0, 0.05) is 11.1 Å². The zero-order valence-electron chi connectivity index (χ0n) is 10.7. The normalized spacial score (nSPS) is 10.7. The molecule has 0 aliphatic rings. The molecule has 0 fully saturated rings. The highest BCUT2D eigenvalue weighted by Gasteiger charge is 2.14. The molecule has 0 saturated carbocycles. The summed E-state index contributed by atoms with van der Waals surface area (Å²) in [6, 6.07) is 10.7. The Kier molecular flexibility index (Phi) is 4.08. The molecule has 0 unspecified atom stereocenters. The van der Waals surface area contributed by atoms with E-state index in [-0.39, 0.29) is 17.3 Å². The van der Waals surface area contributed by atoms with Crippen LogP contribution in [0.2, 0.25) is 5.02 Å². The minimum Gasteiger partial charge on any atom is -0.505 e. The van der Waals surface area contributed by atoms with Crippen molar-refractivity contribution < 1.29 is 9.63 Å². The second kappa shape index (κ2) is 6.15. The molecule has 2 aromatic heterocycles. The van der Waals surface area contributed by atoms with Crippen LogP contribution in [0.1, 0.15) is 5.82 Å². The highest BCUT2D eigenvalue weighted by atomic mass is 35.5. The van der Waals surface area contributed by atoms with Crippen LogP contribution in [0.5, 0.6) is 5.75 Å². The third-order valence-corrected chi connectivity index (χ3v) is 4.16. The van der Waals surface area contributed by atoms with Gasteiger partial charge in [-0.1, -0.05) is 28.9 Å². The summed E-state index contributed by atoms with van der Waals surface area (Å²) in [4.78, 5) is 9.19. The minimum absolute atomic E-state index is 0.00598. The van der Waals surface area contributed by atoms with E-state index in [1.165, 1.54) is 17.8 Å². The summed E-state index contributed by atoms with van der Waals surface area (Å²) >= 11 is 7.60. The van der Waals surface area contributed by atoms with Crippen molar-refractivity contribution in [2.24, 2.45) is 0 Å². The number of hydrogen-bond acceptors (Lipinski definition) is 6. The van der Waals surface area contributed by atoms with E-state index in [1.54, 1.807) is 12.3 Å². The lowest BCUT2D eigenvalue weighted by molar-refractivity contribution is 0.417. The Hall–Kier alpha value is -2.05. The number of hydrogen-bond donors (Lipinski definition) is 1. The molecule has 0 aliphatic carbocycles. The zero-order chi connectivity index (χ0) is 14.7. The molecule has 1 aromatic carbocycles. The number of aromatic hydroxyl groups is 1. The van der Waals surface area contributed by atoms with Crippen molar-refractivity contribution in [1.29, 1.82) is 0 Å². The van der Waals surface area contributed by atoms with E-state index in [0.717, 1.165) is 4.90 Å². The van der Waals surface area contributed by atoms with Crippen LogP contribution in [-0.2, 0) is 5.75 Å². The van der Waals surface area contributed by atoms with E-state index in [0.29, 0.717) is 16.6 Å². The maximum atomic E-state index is 9.70. The van der Waals surface area contributed by atoms with Crippen LogP contribution in [0.25, 0.3) is 11.6 Å². The molecule has 5 nitrogen and oxygen atoms in total. The molecule has 0 aliphatic heterocycles. The lowest BCUT2D eigenvalue weighted by atomic mass is 10.3. The highest BCUT2D eigenvalue weighted by Crippen LogP contribution is 2.30. The molecule has 0 radical (unpaired) electrons. The third-order valence-electron chi connectivity index (χ3n) is 2.65. The topological polar surface area (TPSA) is 72.0 Å². The molecule has 0 atom stereocenters. The first-order valence-electron chi connectivity index (χ1n) is 6.08. The van der Waals surface area contributed by atoms with Crippen molar-refractivity contribution in [3.05, 3.63) is 53.4 Å². The number of rotatable bonds is 4. The molecule has 106 valence electrons. The average Bonchev–Trinajstić information content (AvgIpc) is 2.96. The van der Waals surface area contributed by atoms with E-state index in [4.69, 9.17) is 16.1 Å². The van der Waals surface area contributed by atoms with E-state index >= 15 is 0 Å². The summed E-state index contributed by atoms with van der Waals surface area (Å²) in [7, 11) is 0. The Morgan fingerprint density at radius 2 is 2.05 bits per heavy atom. The van der Waals surface area contributed by atoms with Crippen molar-refractivity contribution in [2.45, 2.75) is 10.6 Å². The summed E-state index contributed by atoms with van der Waals surface area (Å²) in [6.45, 7) is 0. The number of halogens is 1. The molecule has 0 bridgehead atoms.